The highest BCUT2D eigenvalue weighted by Crippen LogP contribution is 2.43. The van der Waals surface area contributed by atoms with Gasteiger partial charge in [-0.05, 0) is 45.1 Å². The maximum absolute atomic E-state index is 16.4. The van der Waals surface area contributed by atoms with Gasteiger partial charge in [-0.25, -0.2) is 4.39 Å². The Morgan fingerprint density at radius 1 is 1.17 bits per heavy atom. The largest absolute Gasteiger partial charge is 0.463 e. The van der Waals surface area contributed by atoms with Gasteiger partial charge in [0.05, 0.1) is 29.0 Å². The molecule has 1 saturated heterocycles. The first kappa shape index (κ1) is 24.5. The van der Waals surface area contributed by atoms with Gasteiger partial charge in [0.1, 0.15) is 11.3 Å². The summed E-state index contributed by atoms with van der Waals surface area (Å²) >= 11 is 6.78. The number of aromatic amines is 1. The molecule has 4 aromatic rings. The number of nitrogen functional groups attached to an aromatic ring is 1. The van der Waals surface area contributed by atoms with Crippen molar-refractivity contribution >= 4 is 44.9 Å². The smallest absolute Gasteiger partial charge is 0.319 e. The number of hydrogen-bond donors (Lipinski definition) is 3. The van der Waals surface area contributed by atoms with Crippen LogP contribution in [0.1, 0.15) is 12.0 Å². The highest BCUT2D eigenvalue weighted by molar-refractivity contribution is 6.35. The van der Waals surface area contributed by atoms with Gasteiger partial charge < -0.3 is 25.6 Å². The van der Waals surface area contributed by atoms with Crippen LogP contribution in [-0.4, -0.2) is 78.5 Å². The number of aryl methyl sites for hydroxylation is 1. The fourth-order valence-electron chi connectivity index (χ4n) is 4.73. The van der Waals surface area contributed by atoms with E-state index in [9.17, 15) is 0 Å². The quantitative estimate of drug-likeness (QED) is 0.255. The number of hydrogen-bond acceptors (Lipinski definition) is 8. The van der Waals surface area contributed by atoms with Gasteiger partial charge in [0.2, 0.25) is 0 Å². The van der Waals surface area contributed by atoms with E-state index in [-0.39, 0.29) is 22.1 Å². The minimum Gasteiger partial charge on any atom is -0.463 e. The fourth-order valence-corrected chi connectivity index (χ4v) is 5.02. The van der Waals surface area contributed by atoms with Crippen LogP contribution in [0.4, 0.5) is 15.9 Å². The van der Waals surface area contributed by atoms with E-state index in [1.807, 2.05) is 21.0 Å². The fraction of sp³-hybridized carbons (Fsp3) is 0.400. The maximum Gasteiger partial charge on any atom is 0.319 e. The second-order valence-corrected chi connectivity index (χ2v) is 9.74. The highest BCUT2D eigenvalue weighted by Gasteiger charge is 2.25. The molecule has 36 heavy (non-hydrogen) atoms. The Morgan fingerprint density at radius 3 is 2.69 bits per heavy atom. The van der Waals surface area contributed by atoms with Crippen molar-refractivity contribution in [3.05, 3.63) is 34.7 Å². The first-order valence-corrected chi connectivity index (χ1v) is 12.4. The molecular weight excluding hydrogens is 483 g/mol. The third-order valence-corrected chi connectivity index (χ3v) is 6.75. The lowest BCUT2D eigenvalue weighted by molar-refractivity contribution is 0.264. The van der Waals surface area contributed by atoms with Crippen LogP contribution in [0.2, 0.25) is 5.02 Å². The predicted octanol–water partition coefficient (Wildman–Crippen LogP) is 3.60. The Bertz CT molecular complexity index is 1420. The Morgan fingerprint density at radius 2 is 1.94 bits per heavy atom. The van der Waals surface area contributed by atoms with Crippen LogP contribution in [-0.2, 0) is 0 Å². The maximum atomic E-state index is 16.4. The molecule has 0 radical (unpaired) electrons. The molecule has 190 valence electrons. The van der Waals surface area contributed by atoms with Crippen LogP contribution in [0.15, 0.2) is 18.3 Å². The molecule has 1 aliphatic heterocycles. The number of benzene rings is 2. The van der Waals surface area contributed by atoms with E-state index in [0.717, 1.165) is 44.7 Å². The molecular formula is C25H30ClFN8O. The van der Waals surface area contributed by atoms with E-state index in [0.29, 0.717) is 40.0 Å². The number of piperazine rings is 1. The van der Waals surface area contributed by atoms with Crippen molar-refractivity contribution < 1.29 is 9.13 Å². The van der Waals surface area contributed by atoms with Gasteiger partial charge in [-0.3, -0.25) is 5.10 Å². The van der Waals surface area contributed by atoms with Gasteiger partial charge in [0, 0.05) is 54.6 Å². The van der Waals surface area contributed by atoms with Crippen molar-refractivity contribution in [3.8, 4) is 17.1 Å². The van der Waals surface area contributed by atoms with Crippen molar-refractivity contribution in [2.24, 2.45) is 0 Å². The van der Waals surface area contributed by atoms with Gasteiger partial charge in [-0.2, -0.15) is 15.1 Å². The lowest BCUT2D eigenvalue weighted by Crippen LogP contribution is -2.44. The van der Waals surface area contributed by atoms with Gasteiger partial charge in [-0.1, -0.05) is 11.6 Å². The number of fused-ring (bicyclic) bond motifs is 2. The SMILES string of the molecule is Cc1cc(N)c2[nH]ncc2c1-c1c(Cl)cc2c(N3CCNCC3)nc(OCCCN(C)C)nc2c1F. The van der Waals surface area contributed by atoms with E-state index in [1.165, 1.54) is 0 Å². The van der Waals surface area contributed by atoms with E-state index in [4.69, 9.17) is 27.1 Å². The van der Waals surface area contributed by atoms with Crippen LogP contribution >= 0.6 is 11.6 Å². The summed E-state index contributed by atoms with van der Waals surface area (Å²) in [6, 6.07) is 3.70. The molecule has 1 fully saturated rings. The number of ether oxygens (including phenoxy) is 1. The third-order valence-electron chi connectivity index (χ3n) is 6.45. The van der Waals surface area contributed by atoms with Gasteiger partial charge >= 0.3 is 6.01 Å². The zero-order valence-corrected chi connectivity index (χ0v) is 21.4. The summed E-state index contributed by atoms with van der Waals surface area (Å²) in [6.45, 7) is 6.26. The summed E-state index contributed by atoms with van der Waals surface area (Å²) in [6.07, 6.45) is 2.44. The summed E-state index contributed by atoms with van der Waals surface area (Å²) in [4.78, 5) is 13.4. The van der Waals surface area contributed by atoms with E-state index in [2.05, 4.69) is 30.3 Å². The average Bonchev–Trinajstić information content (AvgIpc) is 3.34. The number of nitrogens with one attached hydrogen (secondary N) is 2. The first-order chi connectivity index (χ1) is 17.3. The van der Waals surface area contributed by atoms with E-state index >= 15 is 4.39 Å². The Hall–Kier alpha value is -3.21. The number of rotatable bonds is 7. The number of halogens is 2. The molecule has 0 amide bonds. The topological polar surface area (TPSA) is 108 Å². The minimum absolute atomic E-state index is 0.157. The van der Waals surface area contributed by atoms with E-state index < -0.39 is 5.82 Å². The molecule has 0 unspecified atom stereocenters. The minimum atomic E-state index is -0.523. The van der Waals surface area contributed by atoms with Crippen molar-refractivity contribution in [3.63, 3.8) is 0 Å². The van der Waals surface area contributed by atoms with Gasteiger partial charge in [0.15, 0.2) is 5.82 Å². The van der Waals surface area contributed by atoms with Crippen LogP contribution < -0.4 is 20.7 Å². The van der Waals surface area contributed by atoms with Crippen molar-refractivity contribution in [1.82, 2.24) is 30.4 Å². The van der Waals surface area contributed by atoms with Crippen molar-refractivity contribution in [1.29, 1.82) is 0 Å². The van der Waals surface area contributed by atoms with Crippen molar-refractivity contribution in [2.45, 2.75) is 13.3 Å². The highest BCUT2D eigenvalue weighted by atomic mass is 35.5. The summed E-state index contributed by atoms with van der Waals surface area (Å²) in [5.74, 6) is 0.101. The zero-order chi connectivity index (χ0) is 25.4. The summed E-state index contributed by atoms with van der Waals surface area (Å²) < 4.78 is 22.3. The van der Waals surface area contributed by atoms with Crippen LogP contribution in [0.25, 0.3) is 32.9 Å². The van der Waals surface area contributed by atoms with Crippen LogP contribution in [0.5, 0.6) is 6.01 Å². The molecule has 3 heterocycles. The second kappa shape index (κ2) is 10.0. The zero-order valence-electron chi connectivity index (χ0n) is 20.7. The Balaban J connectivity index is 1.68. The Labute approximate surface area is 213 Å². The summed E-state index contributed by atoms with van der Waals surface area (Å²) in [7, 11) is 4.01. The molecule has 9 nitrogen and oxygen atoms in total. The summed E-state index contributed by atoms with van der Waals surface area (Å²) in [5.41, 5.74) is 9.20. The van der Waals surface area contributed by atoms with Gasteiger partial charge in [0.25, 0.3) is 0 Å². The third kappa shape index (κ3) is 4.52. The number of nitrogens with two attached hydrogens (primary N) is 1. The summed E-state index contributed by atoms with van der Waals surface area (Å²) in [5, 5.41) is 11.9. The standard InChI is InChI=1S/C25H30ClFN8O/c1-14-11-18(28)22-16(13-30-33-22)19(14)20-17(26)12-15-23(21(20)27)31-25(36-10-4-7-34(2)3)32-24(15)35-8-5-29-6-9-35/h11-13,29H,4-10,28H2,1-3H3,(H,30,33). The lowest BCUT2D eigenvalue weighted by atomic mass is 9.94. The molecule has 5 rings (SSSR count). The molecule has 4 N–H and O–H groups in total. The van der Waals surface area contributed by atoms with Crippen LogP contribution in [0, 0.1) is 12.7 Å². The van der Waals surface area contributed by atoms with Gasteiger partial charge in [-0.15, -0.1) is 0 Å². The number of anilines is 2. The molecule has 0 bridgehead atoms. The predicted molar refractivity (Wildman–Crippen MR) is 142 cm³/mol. The monoisotopic (exact) mass is 512 g/mol. The Kier molecular flexibility index (Phi) is 6.83. The molecule has 1 aliphatic rings. The lowest BCUT2D eigenvalue weighted by Gasteiger charge is -2.29. The first-order valence-electron chi connectivity index (χ1n) is 12.0. The number of nitrogens with zero attached hydrogens (tertiary/aromatic N) is 5. The number of aromatic nitrogens is 4. The molecule has 0 atom stereocenters. The second-order valence-electron chi connectivity index (χ2n) is 9.33. The average molecular weight is 513 g/mol. The molecule has 11 heteroatoms. The van der Waals surface area contributed by atoms with Crippen LogP contribution in [0.3, 0.4) is 0 Å². The molecule has 2 aromatic heterocycles. The number of H-pyrrole nitrogens is 1. The van der Waals surface area contributed by atoms with Crippen molar-refractivity contribution in [2.75, 3.05) is 64.1 Å². The molecule has 2 aromatic carbocycles. The molecule has 0 saturated carbocycles. The van der Waals surface area contributed by atoms with E-state index in [1.54, 1.807) is 18.3 Å². The normalized spacial score (nSPS) is 14.3. The molecule has 0 spiro atoms. The molecule has 0 aliphatic carbocycles.